The lowest BCUT2D eigenvalue weighted by molar-refractivity contribution is 0.0932. The molecule has 2 aromatic rings. The molecule has 0 bridgehead atoms. The summed E-state index contributed by atoms with van der Waals surface area (Å²) in [7, 11) is 0. The van der Waals surface area contributed by atoms with Crippen molar-refractivity contribution in [2.45, 2.75) is 25.8 Å². The molecule has 0 saturated heterocycles. The smallest absolute Gasteiger partial charge is 0.253 e. The molecule has 1 aliphatic carbocycles. The summed E-state index contributed by atoms with van der Waals surface area (Å²) in [6.45, 7) is 2.07. The molecule has 1 saturated carbocycles. The minimum Gasteiger partial charge on any atom is -0.345 e. The number of carbonyl (C=O) groups excluding carboxylic acids is 1. The summed E-state index contributed by atoms with van der Waals surface area (Å²) in [6, 6.07) is 15.6. The van der Waals surface area contributed by atoms with Gasteiger partial charge in [0.1, 0.15) is 0 Å². The van der Waals surface area contributed by atoms with E-state index in [0.717, 1.165) is 0 Å². The topological polar surface area (TPSA) is 29.1 Å². The van der Waals surface area contributed by atoms with Crippen LogP contribution < -0.4 is 5.32 Å². The molecule has 2 nitrogen and oxygen atoms in total. The summed E-state index contributed by atoms with van der Waals surface area (Å²) in [5.41, 5.74) is 2.94. The van der Waals surface area contributed by atoms with Crippen LogP contribution in [0.1, 0.15) is 40.4 Å². The number of carbonyl (C=O) groups is 1. The van der Waals surface area contributed by atoms with Crippen molar-refractivity contribution in [2.24, 2.45) is 5.92 Å². The van der Waals surface area contributed by atoms with Gasteiger partial charge in [-0.2, -0.15) is 0 Å². The van der Waals surface area contributed by atoms with Crippen LogP contribution in [-0.2, 0) is 0 Å². The van der Waals surface area contributed by atoms with Crippen LogP contribution in [0.4, 0.5) is 0 Å². The monoisotopic (exact) mass is 299 g/mol. The third-order valence-corrected chi connectivity index (χ3v) is 4.26. The Bertz CT molecular complexity index is 647. The first kappa shape index (κ1) is 14.2. The predicted octanol–water partition coefficient (Wildman–Crippen LogP) is 4.53. The molecule has 1 fully saturated rings. The Kier molecular flexibility index (Phi) is 3.98. The van der Waals surface area contributed by atoms with Gasteiger partial charge in [-0.3, -0.25) is 4.79 Å². The van der Waals surface area contributed by atoms with Crippen LogP contribution in [0, 0.1) is 12.8 Å². The number of benzene rings is 2. The molecule has 108 valence electrons. The molecule has 0 aromatic heterocycles. The molecule has 21 heavy (non-hydrogen) atoms. The van der Waals surface area contributed by atoms with Crippen LogP contribution in [0.2, 0.25) is 5.02 Å². The fraction of sp³-hybridized carbons (Fsp3) is 0.278. The zero-order chi connectivity index (χ0) is 14.8. The van der Waals surface area contributed by atoms with Gasteiger partial charge in [-0.1, -0.05) is 53.6 Å². The standard InChI is InChI=1S/C18H18ClNO/c1-12-6-8-13(9-7-12)17(14-10-11-14)20-18(21)15-4-2-3-5-16(15)19/h2-9,14,17H,10-11H2,1H3,(H,20,21). The molecule has 0 spiro atoms. The van der Waals surface area contributed by atoms with E-state index in [1.165, 1.54) is 24.0 Å². The van der Waals surface area contributed by atoms with E-state index in [1.54, 1.807) is 12.1 Å². The number of hydrogen-bond acceptors (Lipinski definition) is 1. The van der Waals surface area contributed by atoms with Crippen molar-refractivity contribution >= 4 is 17.5 Å². The molecule has 1 unspecified atom stereocenters. The normalized spacial score (nSPS) is 15.5. The molecule has 1 amide bonds. The Morgan fingerprint density at radius 2 is 1.81 bits per heavy atom. The Labute approximate surface area is 130 Å². The molecule has 1 N–H and O–H groups in total. The van der Waals surface area contributed by atoms with E-state index in [0.29, 0.717) is 16.5 Å². The van der Waals surface area contributed by atoms with Gasteiger partial charge in [-0.25, -0.2) is 0 Å². The quantitative estimate of drug-likeness (QED) is 0.883. The summed E-state index contributed by atoms with van der Waals surface area (Å²) in [5, 5.41) is 3.64. The van der Waals surface area contributed by atoms with E-state index in [9.17, 15) is 4.79 Å². The maximum absolute atomic E-state index is 12.5. The summed E-state index contributed by atoms with van der Waals surface area (Å²) in [5.74, 6) is 0.442. The van der Waals surface area contributed by atoms with Crippen molar-refractivity contribution in [3.05, 3.63) is 70.2 Å². The van der Waals surface area contributed by atoms with E-state index in [4.69, 9.17) is 11.6 Å². The molecule has 1 atom stereocenters. The molecule has 3 rings (SSSR count). The Balaban J connectivity index is 1.81. The number of amides is 1. The Morgan fingerprint density at radius 1 is 1.14 bits per heavy atom. The van der Waals surface area contributed by atoms with Crippen LogP contribution in [0.3, 0.4) is 0 Å². The third kappa shape index (κ3) is 3.27. The van der Waals surface area contributed by atoms with Crippen molar-refractivity contribution in [3.8, 4) is 0 Å². The van der Waals surface area contributed by atoms with Crippen molar-refractivity contribution in [3.63, 3.8) is 0 Å². The van der Waals surface area contributed by atoms with E-state index in [2.05, 4.69) is 36.5 Å². The van der Waals surface area contributed by atoms with Crippen LogP contribution in [-0.4, -0.2) is 5.91 Å². The highest BCUT2D eigenvalue weighted by Crippen LogP contribution is 2.41. The van der Waals surface area contributed by atoms with Crippen molar-refractivity contribution in [2.75, 3.05) is 0 Å². The SMILES string of the molecule is Cc1ccc(C(NC(=O)c2ccccc2Cl)C2CC2)cc1. The van der Waals surface area contributed by atoms with Crippen molar-refractivity contribution in [1.29, 1.82) is 0 Å². The predicted molar refractivity (Wildman–Crippen MR) is 85.6 cm³/mol. The van der Waals surface area contributed by atoms with Gasteiger partial charge in [0.15, 0.2) is 0 Å². The molecule has 0 heterocycles. The van der Waals surface area contributed by atoms with E-state index in [1.807, 2.05) is 12.1 Å². The van der Waals surface area contributed by atoms with Crippen LogP contribution in [0.15, 0.2) is 48.5 Å². The zero-order valence-corrected chi connectivity index (χ0v) is 12.7. The van der Waals surface area contributed by atoms with Gasteiger partial charge in [0.25, 0.3) is 5.91 Å². The summed E-state index contributed by atoms with van der Waals surface area (Å²) >= 11 is 6.10. The second-order valence-corrected chi connectivity index (χ2v) is 6.09. The van der Waals surface area contributed by atoms with Gasteiger partial charge in [0.05, 0.1) is 16.6 Å². The molecule has 3 heteroatoms. The average molecular weight is 300 g/mol. The Hall–Kier alpha value is -1.80. The fourth-order valence-corrected chi connectivity index (χ4v) is 2.76. The number of halogens is 1. The molecule has 0 aliphatic heterocycles. The maximum atomic E-state index is 12.5. The average Bonchev–Trinajstić information content (AvgIpc) is 3.31. The van der Waals surface area contributed by atoms with E-state index >= 15 is 0 Å². The minimum absolute atomic E-state index is 0.0781. The first-order valence-corrected chi connectivity index (χ1v) is 7.65. The highest BCUT2D eigenvalue weighted by molar-refractivity contribution is 6.33. The van der Waals surface area contributed by atoms with Crippen molar-refractivity contribution in [1.82, 2.24) is 5.32 Å². The first-order valence-electron chi connectivity index (χ1n) is 7.27. The van der Waals surface area contributed by atoms with E-state index < -0.39 is 0 Å². The Morgan fingerprint density at radius 3 is 2.43 bits per heavy atom. The van der Waals surface area contributed by atoms with Gasteiger partial charge < -0.3 is 5.32 Å². The maximum Gasteiger partial charge on any atom is 0.253 e. The lowest BCUT2D eigenvalue weighted by atomic mass is 10.0. The molecule has 0 radical (unpaired) electrons. The summed E-state index contributed by atoms with van der Waals surface area (Å²) < 4.78 is 0. The highest BCUT2D eigenvalue weighted by Gasteiger charge is 2.33. The van der Waals surface area contributed by atoms with Gasteiger partial charge in [-0.05, 0) is 43.4 Å². The highest BCUT2D eigenvalue weighted by atomic mass is 35.5. The third-order valence-electron chi connectivity index (χ3n) is 3.93. The number of hydrogen-bond donors (Lipinski definition) is 1. The second kappa shape index (κ2) is 5.90. The fourth-order valence-electron chi connectivity index (χ4n) is 2.54. The number of nitrogens with one attached hydrogen (secondary N) is 1. The molecule has 1 aliphatic rings. The first-order chi connectivity index (χ1) is 10.1. The van der Waals surface area contributed by atoms with Gasteiger partial charge >= 0.3 is 0 Å². The van der Waals surface area contributed by atoms with Gasteiger partial charge in [0.2, 0.25) is 0 Å². The lowest BCUT2D eigenvalue weighted by Crippen LogP contribution is -2.30. The van der Waals surface area contributed by atoms with Crippen molar-refractivity contribution < 1.29 is 4.79 Å². The lowest BCUT2D eigenvalue weighted by Gasteiger charge is -2.19. The number of rotatable bonds is 4. The van der Waals surface area contributed by atoms with Gasteiger partial charge in [0, 0.05) is 0 Å². The molecular weight excluding hydrogens is 282 g/mol. The van der Waals surface area contributed by atoms with Crippen LogP contribution in [0.25, 0.3) is 0 Å². The van der Waals surface area contributed by atoms with E-state index in [-0.39, 0.29) is 11.9 Å². The second-order valence-electron chi connectivity index (χ2n) is 5.68. The largest absolute Gasteiger partial charge is 0.345 e. The summed E-state index contributed by atoms with van der Waals surface area (Å²) in [4.78, 5) is 12.5. The molecule has 2 aromatic carbocycles. The minimum atomic E-state index is -0.0990. The summed E-state index contributed by atoms with van der Waals surface area (Å²) in [6.07, 6.45) is 2.34. The zero-order valence-electron chi connectivity index (χ0n) is 12.0. The van der Waals surface area contributed by atoms with Gasteiger partial charge in [-0.15, -0.1) is 0 Å². The molecular formula is C18H18ClNO. The van der Waals surface area contributed by atoms with Crippen LogP contribution >= 0.6 is 11.6 Å². The van der Waals surface area contributed by atoms with Crippen LogP contribution in [0.5, 0.6) is 0 Å². The number of aryl methyl sites for hydroxylation is 1.